The van der Waals surface area contributed by atoms with Gasteiger partial charge in [-0.1, -0.05) is 53.0 Å². The number of halogens is 3. The number of benzene rings is 2. The minimum Gasteiger partial charge on any atom is -0.375 e. The van der Waals surface area contributed by atoms with Gasteiger partial charge in [0.2, 0.25) is 0 Å². The van der Waals surface area contributed by atoms with Crippen LogP contribution in [0.15, 0.2) is 42.5 Å². The zero-order valence-electron chi connectivity index (χ0n) is 11.6. The maximum absolute atomic E-state index is 12.0. The van der Waals surface area contributed by atoms with E-state index in [2.05, 4.69) is 5.32 Å². The highest BCUT2D eigenvalue weighted by Gasteiger charge is 2.13. The molecule has 2 rings (SSSR count). The maximum atomic E-state index is 12.0. The summed E-state index contributed by atoms with van der Waals surface area (Å²) in [5.41, 5.74) is 1.26. The van der Waals surface area contributed by atoms with E-state index in [0.29, 0.717) is 34.8 Å². The van der Waals surface area contributed by atoms with Crippen LogP contribution in [0.25, 0.3) is 0 Å². The van der Waals surface area contributed by atoms with E-state index in [1.807, 2.05) is 18.2 Å². The Bertz CT molecular complexity index is 641. The number of carbonyl (C=O) groups is 1. The average Bonchev–Trinajstić information content (AvgIpc) is 2.47. The van der Waals surface area contributed by atoms with Gasteiger partial charge in [-0.15, -0.1) is 0 Å². The summed E-state index contributed by atoms with van der Waals surface area (Å²) in [5, 5.41) is 4.04. The molecule has 2 aromatic rings. The Labute approximate surface area is 144 Å². The normalized spacial score (nSPS) is 10.5. The lowest BCUT2D eigenvalue weighted by Gasteiger charge is -2.09. The van der Waals surface area contributed by atoms with Gasteiger partial charge in [0.05, 0.1) is 28.8 Å². The Morgan fingerprint density at radius 1 is 1.05 bits per heavy atom. The second-order valence-electron chi connectivity index (χ2n) is 4.54. The molecular weight excluding hydrogens is 345 g/mol. The third-order valence-electron chi connectivity index (χ3n) is 2.88. The van der Waals surface area contributed by atoms with E-state index in [0.717, 1.165) is 5.56 Å². The van der Waals surface area contributed by atoms with Gasteiger partial charge in [-0.05, 0) is 29.8 Å². The molecule has 0 aliphatic heterocycles. The molecule has 0 aliphatic carbocycles. The van der Waals surface area contributed by atoms with Crippen molar-refractivity contribution in [1.29, 1.82) is 0 Å². The van der Waals surface area contributed by atoms with Crippen molar-refractivity contribution >= 4 is 40.7 Å². The van der Waals surface area contributed by atoms with Crippen LogP contribution in [0.2, 0.25) is 15.1 Å². The van der Waals surface area contributed by atoms with Crippen molar-refractivity contribution in [2.45, 2.75) is 6.61 Å². The number of rotatable bonds is 6. The number of nitrogens with one attached hydrogen (secondary N) is 1. The molecule has 0 atom stereocenters. The standard InChI is InChI=1S/C16H14Cl3NO2/c17-12-4-1-3-11(9-12)10-22-8-7-20-16(21)15-13(18)5-2-6-14(15)19/h1-6,9H,7-8,10H2,(H,20,21). The maximum Gasteiger partial charge on any atom is 0.254 e. The van der Waals surface area contributed by atoms with Crippen LogP contribution in [0.1, 0.15) is 15.9 Å². The molecule has 0 radical (unpaired) electrons. The second kappa shape index (κ2) is 8.39. The minimum absolute atomic E-state index is 0.278. The van der Waals surface area contributed by atoms with Crippen molar-refractivity contribution in [3.63, 3.8) is 0 Å². The summed E-state index contributed by atoms with van der Waals surface area (Å²) in [7, 11) is 0. The number of carbonyl (C=O) groups excluding carboxylic acids is 1. The number of ether oxygens (including phenoxy) is 1. The summed E-state index contributed by atoms with van der Waals surface area (Å²) >= 11 is 17.8. The zero-order valence-corrected chi connectivity index (χ0v) is 13.9. The first-order chi connectivity index (χ1) is 10.6. The van der Waals surface area contributed by atoms with E-state index in [1.54, 1.807) is 24.3 Å². The third-order valence-corrected chi connectivity index (χ3v) is 3.74. The second-order valence-corrected chi connectivity index (χ2v) is 5.79. The van der Waals surface area contributed by atoms with Gasteiger partial charge >= 0.3 is 0 Å². The molecule has 0 saturated carbocycles. The predicted octanol–water partition coefficient (Wildman–Crippen LogP) is 4.59. The zero-order chi connectivity index (χ0) is 15.9. The molecule has 0 unspecified atom stereocenters. The number of hydrogen-bond acceptors (Lipinski definition) is 2. The molecule has 6 heteroatoms. The van der Waals surface area contributed by atoms with E-state index in [-0.39, 0.29) is 11.5 Å². The van der Waals surface area contributed by atoms with Gasteiger partial charge in [0.1, 0.15) is 0 Å². The van der Waals surface area contributed by atoms with Crippen molar-refractivity contribution in [2.24, 2.45) is 0 Å². The molecule has 0 bridgehead atoms. The predicted molar refractivity (Wildman–Crippen MR) is 89.9 cm³/mol. The summed E-state index contributed by atoms with van der Waals surface area (Å²) in [6.45, 7) is 1.17. The smallest absolute Gasteiger partial charge is 0.254 e. The van der Waals surface area contributed by atoms with Gasteiger partial charge in [0, 0.05) is 11.6 Å². The van der Waals surface area contributed by atoms with Crippen LogP contribution in [0.3, 0.4) is 0 Å². The van der Waals surface area contributed by atoms with Crippen molar-refractivity contribution in [3.8, 4) is 0 Å². The molecule has 3 nitrogen and oxygen atoms in total. The van der Waals surface area contributed by atoms with E-state index in [1.165, 1.54) is 0 Å². The van der Waals surface area contributed by atoms with E-state index < -0.39 is 0 Å². The highest BCUT2D eigenvalue weighted by atomic mass is 35.5. The molecule has 0 heterocycles. The van der Waals surface area contributed by atoms with Crippen LogP contribution in [0, 0.1) is 0 Å². The summed E-state index contributed by atoms with van der Waals surface area (Å²) in [6, 6.07) is 12.4. The fraction of sp³-hybridized carbons (Fsp3) is 0.188. The third kappa shape index (κ3) is 4.89. The summed E-state index contributed by atoms with van der Waals surface area (Å²) in [4.78, 5) is 12.0. The molecule has 2 aromatic carbocycles. The Morgan fingerprint density at radius 2 is 1.73 bits per heavy atom. The Kier molecular flexibility index (Phi) is 6.52. The highest BCUT2D eigenvalue weighted by Crippen LogP contribution is 2.23. The lowest BCUT2D eigenvalue weighted by Crippen LogP contribution is -2.27. The van der Waals surface area contributed by atoms with Crippen molar-refractivity contribution in [2.75, 3.05) is 13.2 Å². The molecule has 22 heavy (non-hydrogen) atoms. The molecule has 0 saturated heterocycles. The van der Waals surface area contributed by atoms with E-state index in [4.69, 9.17) is 39.5 Å². The molecule has 0 aliphatic rings. The van der Waals surface area contributed by atoms with Crippen LogP contribution in [-0.4, -0.2) is 19.1 Å². The van der Waals surface area contributed by atoms with Gasteiger partial charge < -0.3 is 10.1 Å². The quantitative estimate of drug-likeness (QED) is 0.767. The summed E-state index contributed by atoms with van der Waals surface area (Å²) in [5.74, 6) is -0.318. The van der Waals surface area contributed by atoms with Crippen molar-refractivity contribution in [3.05, 3.63) is 68.7 Å². The summed E-state index contributed by atoms with van der Waals surface area (Å²) < 4.78 is 5.48. The largest absolute Gasteiger partial charge is 0.375 e. The highest BCUT2D eigenvalue weighted by molar-refractivity contribution is 6.39. The van der Waals surface area contributed by atoms with Crippen LogP contribution in [-0.2, 0) is 11.3 Å². The minimum atomic E-state index is -0.318. The topological polar surface area (TPSA) is 38.3 Å². The fourth-order valence-electron chi connectivity index (χ4n) is 1.86. The van der Waals surface area contributed by atoms with E-state index >= 15 is 0 Å². The molecule has 0 spiro atoms. The van der Waals surface area contributed by atoms with Crippen LogP contribution in [0.4, 0.5) is 0 Å². The molecule has 0 aromatic heterocycles. The van der Waals surface area contributed by atoms with E-state index in [9.17, 15) is 4.79 Å². The Hall–Kier alpha value is -1.26. The molecule has 1 N–H and O–H groups in total. The van der Waals surface area contributed by atoms with Gasteiger partial charge in [-0.2, -0.15) is 0 Å². The van der Waals surface area contributed by atoms with Crippen LogP contribution in [0.5, 0.6) is 0 Å². The molecule has 0 fully saturated rings. The molecular formula is C16H14Cl3NO2. The first-order valence-corrected chi connectivity index (χ1v) is 7.75. The molecule has 1 amide bonds. The number of hydrogen-bond donors (Lipinski definition) is 1. The van der Waals surface area contributed by atoms with Gasteiger partial charge in [-0.3, -0.25) is 4.79 Å². The summed E-state index contributed by atoms with van der Waals surface area (Å²) in [6.07, 6.45) is 0. The first kappa shape index (κ1) is 17.1. The first-order valence-electron chi connectivity index (χ1n) is 6.62. The molecule has 116 valence electrons. The van der Waals surface area contributed by atoms with Gasteiger partial charge in [0.15, 0.2) is 0 Å². The van der Waals surface area contributed by atoms with Crippen LogP contribution >= 0.6 is 34.8 Å². The number of amides is 1. The van der Waals surface area contributed by atoms with Crippen LogP contribution < -0.4 is 5.32 Å². The van der Waals surface area contributed by atoms with Gasteiger partial charge in [-0.25, -0.2) is 0 Å². The van der Waals surface area contributed by atoms with Gasteiger partial charge in [0.25, 0.3) is 5.91 Å². The Balaban J connectivity index is 1.76. The average molecular weight is 359 g/mol. The lowest BCUT2D eigenvalue weighted by atomic mass is 10.2. The monoisotopic (exact) mass is 357 g/mol. The fourth-order valence-corrected chi connectivity index (χ4v) is 2.64. The lowest BCUT2D eigenvalue weighted by molar-refractivity contribution is 0.0901. The SMILES string of the molecule is O=C(NCCOCc1cccc(Cl)c1)c1c(Cl)cccc1Cl. The Morgan fingerprint density at radius 3 is 2.41 bits per heavy atom. The van der Waals surface area contributed by atoms with Crippen molar-refractivity contribution < 1.29 is 9.53 Å². The van der Waals surface area contributed by atoms with Crippen molar-refractivity contribution in [1.82, 2.24) is 5.32 Å².